The van der Waals surface area contributed by atoms with Crippen LogP contribution in [0.5, 0.6) is 0 Å². The number of nitrogens with zero attached hydrogens (tertiary/aromatic N) is 1. The highest BCUT2D eigenvalue weighted by molar-refractivity contribution is 5.73. The van der Waals surface area contributed by atoms with Crippen molar-refractivity contribution in [2.75, 3.05) is 6.54 Å². The highest BCUT2D eigenvalue weighted by Gasteiger charge is 2.18. The molecule has 1 atom stereocenters. The van der Waals surface area contributed by atoms with Crippen molar-refractivity contribution in [3.05, 3.63) is 70.3 Å². The first-order chi connectivity index (χ1) is 12.4. The third-order valence-corrected chi connectivity index (χ3v) is 4.88. The SMILES string of the molecule is CC(=O)NC(C)c1ccc(CN2CCc3cc(C(F)F)ccc3C2)cc1. The quantitative estimate of drug-likeness (QED) is 0.860. The van der Waals surface area contributed by atoms with Gasteiger partial charge in [0.1, 0.15) is 0 Å². The van der Waals surface area contributed by atoms with E-state index in [0.717, 1.165) is 42.7 Å². The Morgan fingerprint density at radius 2 is 1.81 bits per heavy atom. The Kier molecular flexibility index (Phi) is 5.67. The highest BCUT2D eigenvalue weighted by Crippen LogP contribution is 2.26. The minimum Gasteiger partial charge on any atom is -0.350 e. The molecule has 2 aromatic carbocycles. The summed E-state index contributed by atoms with van der Waals surface area (Å²) in [4.78, 5) is 13.5. The fraction of sp³-hybridized carbons (Fsp3) is 0.381. The summed E-state index contributed by atoms with van der Waals surface area (Å²) in [5, 5.41) is 2.88. The van der Waals surface area contributed by atoms with Gasteiger partial charge in [-0.1, -0.05) is 36.4 Å². The fourth-order valence-corrected chi connectivity index (χ4v) is 3.46. The molecule has 0 aromatic heterocycles. The number of fused-ring (bicyclic) bond motifs is 1. The lowest BCUT2D eigenvalue weighted by molar-refractivity contribution is -0.119. The molecule has 26 heavy (non-hydrogen) atoms. The number of nitrogens with one attached hydrogen (secondary N) is 1. The predicted octanol–water partition coefficient (Wildman–Crippen LogP) is 4.38. The summed E-state index contributed by atoms with van der Waals surface area (Å²) in [5.74, 6) is -0.0384. The van der Waals surface area contributed by atoms with Crippen molar-refractivity contribution < 1.29 is 13.6 Å². The molecule has 3 nitrogen and oxygen atoms in total. The van der Waals surface area contributed by atoms with Crippen molar-refractivity contribution in [3.8, 4) is 0 Å². The Labute approximate surface area is 153 Å². The third kappa shape index (κ3) is 4.47. The molecule has 3 rings (SSSR count). The van der Waals surface area contributed by atoms with Crippen LogP contribution in [0.4, 0.5) is 8.78 Å². The molecule has 138 valence electrons. The number of amides is 1. The minimum atomic E-state index is -2.41. The maximum absolute atomic E-state index is 12.8. The second kappa shape index (κ2) is 7.96. The molecule has 0 radical (unpaired) electrons. The van der Waals surface area contributed by atoms with Crippen LogP contribution in [0.25, 0.3) is 0 Å². The molecule has 1 N–H and O–H groups in total. The van der Waals surface area contributed by atoms with E-state index >= 15 is 0 Å². The van der Waals surface area contributed by atoms with Gasteiger partial charge in [-0.25, -0.2) is 8.78 Å². The van der Waals surface area contributed by atoms with Gasteiger partial charge in [-0.15, -0.1) is 0 Å². The lowest BCUT2D eigenvalue weighted by atomic mass is 9.97. The van der Waals surface area contributed by atoms with Gasteiger partial charge in [0.05, 0.1) is 6.04 Å². The minimum absolute atomic E-state index is 0.00700. The van der Waals surface area contributed by atoms with E-state index < -0.39 is 6.43 Å². The zero-order valence-corrected chi connectivity index (χ0v) is 15.1. The average Bonchev–Trinajstić information content (AvgIpc) is 2.61. The van der Waals surface area contributed by atoms with Crippen LogP contribution in [0.15, 0.2) is 42.5 Å². The molecule has 0 fully saturated rings. The van der Waals surface area contributed by atoms with Crippen LogP contribution < -0.4 is 5.32 Å². The number of hydrogen-bond acceptors (Lipinski definition) is 2. The number of halogens is 2. The topological polar surface area (TPSA) is 32.3 Å². The molecular formula is C21H24F2N2O. The zero-order chi connectivity index (χ0) is 18.7. The van der Waals surface area contributed by atoms with Gasteiger partial charge in [-0.2, -0.15) is 0 Å². The molecule has 1 aliphatic rings. The van der Waals surface area contributed by atoms with E-state index in [4.69, 9.17) is 0 Å². The van der Waals surface area contributed by atoms with Crippen molar-refractivity contribution in [3.63, 3.8) is 0 Å². The summed E-state index contributed by atoms with van der Waals surface area (Å²) in [6.45, 7) is 5.95. The van der Waals surface area contributed by atoms with Gasteiger partial charge >= 0.3 is 0 Å². The van der Waals surface area contributed by atoms with Gasteiger partial charge in [-0.3, -0.25) is 9.69 Å². The molecule has 5 heteroatoms. The lowest BCUT2D eigenvalue weighted by Gasteiger charge is -2.29. The Balaban J connectivity index is 1.62. The lowest BCUT2D eigenvalue weighted by Crippen LogP contribution is -2.30. The maximum Gasteiger partial charge on any atom is 0.263 e. The summed E-state index contributed by atoms with van der Waals surface area (Å²) in [6, 6.07) is 13.3. The molecule has 0 spiro atoms. The number of carbonyl (C=O) groups is 1. The molecule has 0 saturated heterocycles. The second-order valence-electron chi connectivity index (χ2n) is 6.95. The Bertz CT molecular complexity index is 774. The fourth-order valence-electron chi connectivity index (χ4n) is 3.46. The van der Waals surface area contributed by atoms with Gasteiger partial charge in [0.2, 0.25) is 5.91 Å². The molecule has 1 heterocycles. The molecule has 2 aromatic rings. The van der Waals surface area contributed by atoms with E-state index in [1.807, 2.05) is 25.1 Å². The summed E-state index contributed by atoms with van der Waals surface area (Å²) < 4.78 is 25.7. The molecule has 0 bridgehead atoms. The van der Waals surface area contributed by atoms with Gasteiger partial charge in [0.25, 0.3) is 6.43 Å². The van der Waals surface area contributed by atoms with Gasteiger partial charge in [-0.05, 0) is 41.7 Å². The van der Waals surface area contributed by atoms with Gasteiger partial charge in [0, 0.05) is 32.1 Å². The summed E-state index contributed by atoms with van der Waals surface area (Å²) in [7, 11) is 0. The van der Waals surface area contributed by atoms with E-state index in [9.17, 15) is 13.6 Å². The van der Waals surface area contributed by atoms with Crippen molar-refractivity contribution in [1.29, 1.82) is 0 Å². The van der Waals surface area contributed by atoms with Crippen LogP contribution in [0, 0.1) is 0 Å². The Morgan fingerprint density at radius 3 is 2.46 bits per heavy atom. The average molecular weight is 358 g/mol. The first kappa shape index (κ1) is 18.5. The normalized spacial score (nSPS) is 15.6. The molecule has 0 saturated carbocycles. The van der Waals surface area contributed by atoms with Gasteiger partial charge < -0.3 is 5.32 Å². The van der Waals surface area contributed by atoms with E-state index in [-0.39, 0.29) is 17.5 Å². The maximum atomic E-state index is 12.8. The number of benzene rings is 2. The van der Waals surface area contributed by atoms with E-state index in [1.54, 1.807) is 6.07 Å². The first-order valence-electron chi connectivity index (χ1n) is 8.90. The van der Waals surface area contributed by atoms with Crippen LogP contribution >= 0.6 is 0 Å². The first-order valence-corrected chi connectivity index (χ1v) is 8.90. The largest absolute Gasteiger partial charge is 0.350 e. The van der Waals surface area contributed by atoms with Gasteiger partial charge in [0.15, 0.2) is 0 Å². The Hall–Kier alpha value is -2.27. The molecule has 1 amide bonds. The molecule has 1 unspecified atom stereocenters. The van der Waals surface area contributed by atoms with E-state index in [2.05, 4.69) is 22.3 Å². The predicted molar refractivity (Wildman–Crippen MR) is 97.9 cm³/mol. The van der Waals surface area contributed by atoms with Crippen molar-refractivity contribution in [2.24, 2.45) is 0 Å². The van der Waals surface area contributed by atoms with Crippen LogP contribution in [-0.2, 0) is 24.3 Å². The third-order valence-electron chi connectivity index (χ3n) is 4.88. The second-order valence-corrected chi connectivity index (χ2v) is 6.95. The monoisotopic (exact) mass is 358 g/mol. The summed E-state index contributed by atoms with van der Waals surface area (Å²) in [5.41, 5.74) is 4.57. The number of carbonyl (C=O) groups excluding carboxylic acids is 1. The Morgan fingerprint density at radius 1 is 1.12 bits per heavy atom. The van der Waals surface area contributed by atoms with Crippen LogP contribution in [-0.4, -0.2) is 17.4 Å². The highest BCUT2D eigenvalue weighted by atomic mass is 19.3. The molecule has 1 aliphatic heterocycles. The van der Waals surface area contributed by atoms with Crippen molar-refractivity contribution >= 4 is 5.91 Å². The zero-order valence-electron chi connectivity index (χ0n) is 15.1. The van der Waals surface area contributed by atoms with Crippen LogP contribution in [0.1, 0.15) is 54.1 Å². The molecule has 0 aliphatic carbocycles. The standard InChI is InChI=1S/C21H24F2N2O/c1-14(24-15(2)26)17-5-3-16(4-6-17)12-25-10-9-18-11-19(21(22)23)7-8-20(18)13-25/h3-8,11,14,21H,9-10,12-13H2,1-2H3,(H,24,26). The van der Waals surface area contributed by atoms with Crippen molar-refractivity contribution in [2.45, 2.75) is 45.8 Å². The number of hydrogen-bond donors (Lipinski definition) is 1. The smallest absolute Gasteiger partial charge is 0.263 e. The number of rotatable bonds is 5. The van der Waals surface area contributed by atoms with Crippen molar-refractivity contribution in [1.82, 2.24) is 10.2 Å². The summed E-state index contributed by atoms with van der Waals surface area (Å²) >= 11 is 0. The molecular weight excluding hydrogens is 334 g/mol. The summed E-state index contributed by atoms with van der Waals surface area (Å²) in [6.07, 6.45) is -1.61. The van der Waals surface area contributed by atoms with Crippen LogP contribution in [0.3, 0.4) is 0 Å². The number of alkyl halides is 2. The van der Waals surface area contributed by atoms with Crippen LogP contribution in [0.2, 0.25) is 0 Å². The van der Waals surface area contributed by atoms with E-state index in [0.29, 0.717) is 0 Å². The van der Waals surface area contributed by atoms with E-state index in [1.165, 1.54) is 18.6 Å².